The summed E-state index contributed by atoms with van der Waals surface area (Å²) in [5, 5.41) is 0. The Morgan fingerprint density at radius 1 is 0.821 bits per heavy atom. The second-order valence-electron chi connectivity index (χ2n) is 9.87. The van der Waals surface area contributed by atoms with E-state index in [2.05, 4.69) is 70.2 Å². The van der Waals surface area contributed by atoms with Gasteiger partial charge in [-0.15, -0.1) is 0 Å². The van der Waals surface area contributed by atoms with Crippen molar-refractivity contribution in [3.05, 3.63) is 22.8 Å². The SMILES string of the molecule is C=CC(CC=[CH][Sn]([CH2]CCC)([CH2]CCC)[CH2]CCC)(CCCC)O[Si](C)(C)C. The average molecular weight is 515 g/mol. The van der Waals surface area contributed by atoms with Crippen molar-refractivity contribution in [1.29, 1.82) is 0 Å². The van der Waals surface area contributed by atoms with Gasteiger partial charge in [0.1, 0.15) is 0 Å². The van der Waals surface area contributed by atoms with E-state index in [-0.39, 0.29) is 5.60 Å². The Labute approximate surface area is 183 Å². The molecule has 0 aromatic carbocycles. The molecule has 0 N–H and O–H groups in total. The van der Waals surface area contributed by atoms with E-state index in [1.807, 2.05) is 0 Å². The summed E-state index contributed by atoms with van der Waals surface area (Å²) >= 11 is -2.19. The summed E-state index contributed by atoms with van der Waals surface area (Å²) in [6.07, 6.45) is 17.6. The third kappa shape index (κ3) is 12.2. The fourth-order valence-electron chi connectivity index (χ4n) is 4.23. The van der Waals surface area contributed by atoms with E-state index in [9.17, 15) is 0 Å². The molecule has 3 heteroatoms. The molecule has 0 fully saturated rings. The van der Waals surface area contributed by atoms with Crippen molar-refractivity contribution in [3.8, 4) is 0 Å². The van der Waals surface area contributed by atoms with Gasteiger partial charge < -0.3 is 0 Å². The summed E-state index contributed by atoms with van der Waals surface area (Å²) in [6, 6.07) is 0. The molecule has 0 aliphatic rings. The topological polar surface area (TPSA) is 9.23 Å². The summed E-state index contributed by atoms with van der Waals surface area (Å²) < 4.78 is 14.2. The van der Waals surface area contributed by atoms with Gasteiger partial charge in [0.2, 0.25) is 0 Å². The Kier molecular flexibility index (Phi) is 15.5. The molecular weight excluding hydrogens is 463 g/mol. The van der Waals surface area contributed by atoms with Crippen molar-refractivity contribution in [2.45, 2.75) is 130 Å². The van der Waals surface area contributed by atoms with Gasteiger partial charge in [-0.1, -0.05) is 0 Å². The average Bonchev–Trinajstić information content (AvgIpc) is 2.65. The molecule has 0 aliphatic heterocycles. The van der Waals surface area contributed by atoms with E-state index in [1.165, 1.54) is 51.4 Å². The summed E-state index contributed by atoms with van der Waals surface area (Å²) in [5.41, 5.74) is -0.144. The molecular formula is C25H52OSiSn. The Balaban J connectivity index is 5.52. The molecule has 0 aliphatic carbocycles. The summed E-state index contributed by atoms with van der Waals surface area (Å²) in [6.45, 7) is 20.5. The van der Waals surface area contributed by atoms with Crippen molar-refractivity contribution in [1.82, 2.24) is 0 Å². The Morgan fingerprint density at radius 2 is 1.29 bits per heavy atom. The van der Waals surface area contributed by atoms with E-state index >= 15 is 0 Å². The molecule has 166 valence electrons. The van der Waals surface area contributed by atoms with Crippen LogP contribution in [0.3, 0.4) is 0 Å². The molecule has 0 spiro atoms. The van der Waals surface area contributed by atoms with E-state index in [1.54, 1.807) is 13.3 Å². The first-order valence-corrected chi connectivity index (χ1v) is 23.3. The molecule has 0 amide bonds. The second-order valence-corrected chi connectivity index (χ2v) is 27.3. The van der Waals surface area contributed by atoms with Gasteiger partial charge in [0.05, 0.1) is 0 Å². The Bertz CT molecular complexity index is 405. The zero-order valence-electron chi connectivity index (χ0n) is 20.5. The first-order valence-electron chi connectivity index (χ1n) is 12.2. The summed E-state index contributed by atoms with van der Waals surface area (Å²) in [4.78, 5) is 0. The minimum atomic E-state index is -2.19. The van der Waals surface area contributed by atoms with Crippen molar-refractivity contribution >= 4 is 26.7 Å². The number of hydrogen-bond donors (Lipinski definition) is 0. The normalized spacial score (nSPS) is 15.1. The minimum absolute atomic E-state index is 0.144. The van der Waals surface area contributed by atoms with Crippen LogP contribution in [0, 0.1) is 0 Å². The Hall–Kier alpha value is 0.456. The molecule has 0 bridgehead atoms. The molecule has 28 heavy (non-hydrogen) atoms. The molecule has 0 aromatic rings. The second kappa shape index (κ2) is 15.3. The van der Waals surface area contributed by atoms with Gasteiger partial charge in [0.15, 0.2) is 0 Å². The molecule has 0 saturated carbocycles. The van der Waals surface area contributed by atoms with Gasteiger partial charge in [-0.2, -0.15) is 0 Å². The molecule has 1 atom stereocenters. The molecule has 0 saturated heterocycles. The van der Waals surface area contributed by atoms with Crippen LogP contribution in [0.1, 0.15) is 91.9 Å². The van der Waals surface area contributed by atoms with Crippen LogP contribution < -0.4 is 0 Å². The first kappa shape index (κ1) is 28.5. The summed E-state index contributed by atoms with van der Waals surface area (Å²) in [5.74, 6) is 0. The molecule has 0 aromatic heterocycles. The predicted molar refractivity (Wildman–Crippen MR) is 136 cm³/mol. The van der Waals surface area contributed by atoms with E-state index < -0.39 is 26.7 Å². The number of rotatable bonds is 18. The van der Waals surface area contributed by atoms with Crippen LogP contribution in [0.15, 0.2) is 22.8 Å². The van der Waals surface area contributed by atoms with E-state index in [0.717, 1.165) is 12.8 Å². The van der Waals surface area contributed by atoms with Gasteiger partial charge in [0, 0.05) is 0 Å². The molecule has 1 nitrogen and oxygen atoms in total. The van der Waals surface area contributed by atoms with Crippen LogP contribution in [0.2, 0.25) is 33.0 Å². The van der Waals surface area contributed by atoms with Gasteiger partial charge in [-0.05, 0) is 0 Å². The van der Waals surface area contributed by atoms with Crippen molar-refractivity contribution in [2.75, 3.05) is 0 Å². The van der Waals surface area contributed by atoms with Gasteiger partial charge >= 0.3 is 184 Å². The summed E-state index contributed by atoms with van der Waals surface area (Å²) in [7, 11) is -1.61. The molecule has 1 unspecified atom stereocenters. The van der Waals surface area contributed by atoms with Gasteiger partial charge in [-0.25, -0.2) is 0 Å². The maximum atomic E-state index is 6.73. The van der Waals surface area contributed by atoms with Crippen molar-refractivity contribution < 1.29 is 4.43 Å². The molecule has 0 heterocycles. The Morgan fingerprint density at radius 3 is 1.64 bits per heavy atom. The zero-order valence-corrected chi connectivity index (χ0v) is 24.4. The van der Waals surface area contributed by atoms with Crippen LogP contribution in [0.4, 0.5) is 0 Å². The predicted octanol–water partition coefficient (Wildman–Crippen LogP) is 9.29. The molecule has 0 radical (unpaired) electrons. The third-order valence-corrected chi connectivity index (χ3v) is 21.1. The zero-order chi connectivity index (χ0) is 21.5. The fourth-order valence-corrected chi connectivity index (χ4v) is 20.1. The van der Waals surface area contributed by atoms with Crippen LogP contribution >= 0.6 is 0 Å². The maximum absolute atomic E-state index is 6.73. The number of unbranched alkanes of at least 4 members (excludes halogenated alkanes) is 4. The monoisotopic (exact) mass is 516 g/mol. The van der Waals surface area contributed by atoms with Crippen molar-refractivity contribution in [3.63, 3.8) is 0 Å². The quantitative estimate of drug-likeness (QED) is 0.131. The van der Waals surface area contributed by atoms with Crippen LogP contribution in [0.5, 0.6) is 0 Å². The van der Waals surface area contributed by atoms with Crippen LogP contribution in [0.25, 0.3) is 0 Å². The number of hydrogen-bond acceptors (Lipinski definition) is 1. The van der Waals surface area contributed by atoms with Crippen molar-refractivity contribution in [2.24, 2.45) is 0 Å². The van der Waals surface area contributed by atoms with E-state index in [0.29, 0.717) is 0 Å². The standard InChI is InChI=1S/C13H25OSi.3C4H9.Sn/c1-7-10-12-13(9-3,11-8-2)14-15(4,5)6;3*1-3-4-2;/h2,8-9H,3,7,10-12H2,1,4-6H3;3*1,3-4H2,2H3;. The van der Waals surface area contributed by atoms with E-state index in [4.69, 9.17) is 4.43 Å². The third-order valence-electron chi connectivity index (χ3n) is 5.85. The first-order chi connectivity index (χ1) is 13.2. The van der Waals surface area contributed by atoms with Gasteiger partial charge in [0.25, 0.3) is 0 Å². The van der Waals surface area contributed by atoms with Crippen LogP contribution in [-0.2, 0) is 4.43 Å². The fraction of sp³-hybridized carbons (Fsp3) is 0.840. The van der Waals surface area contributed by atoms with Gasteiger partial charge in [-0.3, -0.25) is 0 Å². The van der Waals surface area contributed by atoms with Crippen LogP contribution in [-0.4, -0.2) is 32.3 Å². The molecule has 0 rings (SSSR count).